The van der Waals surface area contributed by atoms with E-state index in [1.807, 2.05) is 11.0 Å². The van der Waals surface area contributed by atoms with Gasteiger partial charge in [0.15, 0.2) is 0 Å². The van der Waals surface area contributed by atoms with E-state index in [2.05, 4.69) is 20.4 Å². The monoisotopic (exact) mass is 501 g/mol. The van der Waals surface area contributed by atoms with Gasteiger partial charge in [-0.25, -0.2) is 15.1 Å². The average molecular weight is 501 g/mol. The molecule has 1 unspecified atom stereocenters. The van der Waals surface area contributed by atoms with Crippen LogP contribution in [0.4, 0.5) is 24.8 Å². The minimum Gasteiger partial charge on any atom is -0.379 e. The van der Waals surface area contributed by atoms with E-state index >= 15 is 0 Å². The molecule has 1 amide bonds. The van der Waals surface area contributed by atoms with Crippen molar-refractivity contribution in [2.24, 2.45) is 0 Å². The number of aromatic nitrogens is 5. The number of nitriles is 1. The molecular formula is C22H22F3N9O2. The van der Waals surface area contributed by atoms with Gasteiger partial charge in [-0.2, -0.15) is 23.5 Å². The van der Waals surface area contributed by atoms with Gasteiger partial charge in [0, 0.05) is 57.4 Å². The van der Waals surface area contributed by atoms with Crippen molar-refractivity contribution in [3.8, 4) is 6.07 Å². The van der Waals surface area contributed by atoms with Crippen LogP contribution in [0.1, 0.15) is 28.5 Å². The highest BCUT2D eigenvalue weighted by Crippen LogP contribution is 2.31. The third kappa shape index (κ3) is 5.45. The Morgan fingerprint density at radius 2 is 2.03 bits per heavy atom. The van der Waals surface area contributed by atoms with Crippen LogP contribution < -0.4 is 15.8 Å². The van der Waals surface area contributed by atoms with Crippen LogP contribution in [0.2, 0.25) is 0 Å². The Hall–Kier alpha value is -4.41. The Balaban J connectivity index is 1.35. The molecule has 4 heterocycles. The van der Waals surface area contributed by atoms with Crippen molar-refractivity contribution < 1.29 is 18.0 Å². The number of halogens is 3. The summed E-state index contributed by atoms with van der Waals surface area (Å²) in [4.78, 5) is 36.6. The lowest BCUT2D eigenvalue weighted by atomic mass is 10.2. The van der Waals surface area contributed by atoms with Gasteiger partial charge in [0.2, 0.25) is 5.95 Å². The third-order valence-corrected chi connectivity index (χ3v) is 5.63. The summed E-state index contributed by atoms with van der Waals surface area (Å²) in [5, 5.41) is 16.9. The number of anilines is 2. The van der Waals surface area contributed by atoms with E-state index in [1.54, 1.807) is 39.9 Å². The van der Waals surface area contributed by atoms with Crippen molar-refractivity contribution in [3.05, 3.63) is 64.1 Å². The highest BCUT2D eigenvalue weighted by molar-refractivity contribution is 5.94. The Bertz CT molecular complexity index is 1340. The summed E-state index contributed by atoms with van der Waals surface area (Å²) in [5.41, 5.74) is -2.35. The summed E-state index contributed by atoms with van der Waals surface area (Å²) < 4.78 is 41.4. The topological polar surface area (TPSA) is 136 Å². The summed E-state index contributed by atoms with van der Waals surface area (Å²) >= 11 is 0. The van der Waals surface area contributed by atoms with Gasteiger partial charge in [-0.05, 0) is 19.1 Å². The van der Waals surface area contributed by atoms with Crippen LogP contribution in [0.25, 0.3) is 0 Å². The molecule has 14 heteroatoms. The predicted molar refractivity (Wildman–Crippen MR) is 122 cm³/mol. The van der Waals surface area contributed by atoms with E-state index in [1.165, 1.54) is 12.3 Å². The lowest BCUT2D eigenvalue weighted by Crippen LogP contribution is -2.49. The van der Waals surface area contributed by atoms with Crippen LogP contribution in [0.15, 0.2) is 41.7 Å². The number of rotatable bonds is 6. The first-order chi connectivity index (χ1) is 17.2. The summed E-state index contributed by atoms with van der Waals surface area (Å²) in [6.07, 6.45) is 0.914. The van der Waals surface area contributed by atoms with Crippen molar-refractivity contribution in [1.29, 1.82) is 5.26 Å². The first kappa shape index (κ1) is 24.7. The third-order valence-electron chi connectivity index (χ3n) is 5.63. The Labute approximate surface area is 203 Å². The molecule has 1 fully saturated rings. The van der Waals surface area contributed by atoms with Gasteiger partial charge in [0.05, 0.1) is 17.4 Å². The molecule has 1 aliphatic heterocycles. The number of nitrogens with zero attached hydrogens (tertiary/aromatic N) is 7. The van der Waals surface area contributed by atoms with E-state index in [4.69, 9.17) is 5.26 Å². The number of carbonyl (C=O) groups excluding carboxylic acids is 1. The summed E-state index contributed by atoms with van der Waals surface area (Å²) in [5.74, 6) is 0.275. The number of H-pyrrole nitrogens is 1. The maximum atomic E-state index is 13.3. The van der Waals surface area contributed by atoms with Crippen molar-refractivity contribution in [1.82, 2.24) is 29.6 Å². The van der Waals surface area contributed by atoms with E-state index in [9.17, 15) is 22.8 Å². The molecule has 2 N–H and O–H groups in total. The zero-order chi connectivity index (χ0) is 25.9. The second-order valence-corrected chi connectivity index (χ2v) is 8.26. The molecule has 0 saturated carbocycles. The minimum atomic E-state index is -4.83. The van der Waals surface area contributed by atoms with Gasteiger partial charge in [-0.15, -0.1) is 0 Å². The van der Waals surface area contributed by atoms with Crippen molar-refractivity contribution >= 4 is 17.5 Å². The Morgan fingerprint density at radius 3 is 2.72 bits per heavy atom. The molecule has 1 saturated heterocycles. The number of amides is 1. The number of carbonyl (C=O) groups is 1. The molecule has 36 heavy (non-hydrogen) atoms. The standard InChI is InChI=1S/C22H22F3N9O2/c1-14(29-17-11-28-31-19(35)18(17)22(23,24)25)12-32-5-3-15(13-32)20(36)33-6-8-34(9-7-33)21-27-4-2-16(10-26)30-21/h2-5,11,13-14H,6-9,12H2,1H3,(H2,29,31,35). The first-order valence-electron chi connectivity index (χ1n) is 11.0. The molecule has 3 aromatic rings. The summed E-state index contributed by atoms with van der Waals surface area (Å²) in [6.45, 7) is 3.81. The number of hydrogen-bond donors (Lipinski definition) is 2. The number of piperazine rings is 1. The fraction of sp³-hybridized carbons (Fsp3) is 0.364. The summed E-state index contributed by atoms with van der Waals surface area (Å²) in [6, 6.07) is 4.65. The normalized spacial score (nSPS) is 14.9. The van der Waals surface area contributed by atoms with E-state index in [0.29, 0.717) is 37.7 Å². The van der Waals surface area contributed by atoms with Gasteiger partial charge >= 0.3 is 6.18 Å². The van der Waals surface area contributed by atoms with Crippen LogP contribution in [0.5, 0.6) is 0 Å². The lowest BCUT2D eigenvalue weighted by Gasteiger charge is -2.34. The van der Waals surface area contributed by atoms with Gasteiger partial charge in [0.1, 0.15) is 17.3 Å². The largest absolute Gasteiger partial charge is 0.423 e. The molecular weight excluding hydrogens is 479 g/mol. The van der Waals surface area contributed by atoms with E-state index in [-0.39, 0.29) is 18.1 Å². The Morgan fingerprint density at radius 1 is 1.28 bits per heavy atom. The molecule has 0 bridgehead atoms. The SMILES string of the molecule is CC(Cn1ccc(C(=O)N2CCN(c3nccc(C#N)n3)CC2)c1)Nc1cn[nH]c(=O)c1C(F)(F)F. The molecule has 0 aromatic carbocycles. The smallest absolute Gasteiger partial charge is 0.379 e. The number of nitrogens with one attached hydrogen (secondary N) is 2. The highest BCUT2D eigenvalue weighted by atomic mass is 19.4. The molecule has 4 rings (SSSR count). The quantitative estimate of drug-likeness (QED) is 0.521. The second kappa shape index (κ2) is 10.1. The van der Waals surface area contributed by atoms with Crippen LogP contribution in [-0.4, -0.2) is 67.8 Å². The zero-order valence-corrected chi connectivity index (χ0v) is 19.2. The van der Waals surface area contributed by atoms with Crippen LogP contribution >= 0.6 is 0 Å². The molecule has 1 aliphatic rings. The molecule has 1 atom stereocenters. The first-order valence-corrected chi connectivity index (χ1v) is 11.0. The Kier molecular flexibility index (Phi) is 6.91. The van der Waals surface area contributed by atoms with Crippen molar-refractivity contribution in [2.75, 3.05) is 36.4 Å². The van der Waals surface area contributed by atoms with Crippen LogP contribution in [-0.2, 0) is 12.7 Å². The highest BCUT2D eigenvalue weighted by Gasteiger charge is 2.37. The predicted octanol–water partition coefficient (Wildman–Crippen LogP) is 1.71. The zero-order valence-electron chi connectivity index (χ0n) is 19.2. The molecule has 188 valence electrons. The molecule has 0 aliphatic carbocycles. The molecule has 0 radical (unpaired) electrons. The van der Waals surface area contributed by atoms with Crippen LogP contribution in [0.3, 0.4) is 0 Å². The molecule has 3 aromatic heterocycles. The summed E-state index contributed by atoms with van der Waals surface area (Å²) in [7, 11) is 0. The maximum absolute atomic E-state index is 13.3. The van der Waals surface area contributed by atoms with Crippen molar-refractivity contribution in [3.63, 3.8) is 0 Å². The van der Waals surface area contributed by atoms with Gasteiger partial charge in [-0.3, -0.25) is 9.59 Å². The van der Waals surface area contributed by atoms with Gasteiger partial charge in [0.25, 0.3) is 11.5 Å². The van der Waals surface area contributed by atoms with E-state index in [0.717, 1.165) is 6.20 Å². The van der Waals surface area contributed by atoms with Gasteiger partial charge in [-0.1, -0.05) is 0 Å². The fourth-order valence-electron chi connectivity index (χ4n) is 3.95. The molecule has 11 nitrogen and oxygen atoms in total. The number of hydrogen-bond acceptors (Lipinski definition) is 8. The molecule has 0 spiro atoms. The van der Waals surface area contributed by atoms with Gasteiger partial charge < -0.3 is 19.7 Å². The lowest BCUT2D eigenvalue weighted by molar-refractivity contribution is -0.138. The minimum absolute atomic E-state index is 0.168. The number of aromatic amines is 1. The van der Waals surface area contributed by atoms with Crippen LogP contribution in [0, 0.1) is 11.3 Å². The number of alkyl halides is 3. The maximum Gasteiger partial charge on any atom is 0.423 e. The fourth-order valence-corrected chi connectivity index (χ4v) is 3.95. The average Bonchev–Trinajstić information content (AvgIpc) is 3.31. The van der Waals surface area contributed by atoms with E-state index < -0.39 is 29.0 Å². The second-order valence-electron chi connectivity index (χ2n) is 8.26. The van der Waals surface area contributed by atoms with Crippen molar-refractivity contribution in [2.45, 2.75) is 25.7 Å².